The zero-order valence-electron chi connectivity index (χ0n) is 13.7. The molecule has 3 nitrogen and oxygen atoms in total. The molecule has 3 heteroatoms. The number of hydrogen-bond acceptors (Lipinski definition) is 3. The summed E-state index contributed by atoms with van der Waals surface area (Å²) in [5.74, 6) is 0.692. The Bertz CT molecular complexity index is 412. The molecule has 1 atom stereocenters. The van der Waals surface area contributed by atoms with E-state index < -0.39 is 0 Å². The van der Waals surface area contributed by atoms with E-state index in [1.54, 1.807) is 7.11 Å². The van der Waals surface area contributed by atoms with Gasteiger partial charge >= 0.3 is 0 Å². The molecule has 2 N–H and O–H groups in total. The van der Waals surface area contributed by atoms with Gasteiger partial charge < -0.3 is 10.5 Å². The van der Waals surface area contributed by atoms with Crippen LogP contribution >= 0.6 is 0 Å². The number of rotatable bonds is 6. The van der Waals surface area contributed by atoms with Crippen molar-refractivity contribution in [3.8, 4) is 0 Å². The van der Waals surface area contributed by atoms with Crippen LogP contribution in [-0.4, -0.2) is 43.8 Å². The topological polar surface area (TPSA) is 38.5 Å². The fourth-order valence-electron chi connectivity index (χ4n) is 3.74. The molecule has 1 unspecified atom stereocenters. The van der Waals surface area contributed by atoms with E-state index in [2.05, 4.69) is 49.2 Å². The van der Waals surface area contributed by atoms with Crippen molar-refractivity contribution in [3.05, 3.63) is 35.9 Å². The molecule has 0 aliphatic heterocycles. The minimum atomic E-state index is 0.142. The van der Waals surface area contributed by atoms with Gasteiger partial charge in [0.1, 0.15) is 0 Å². The van der Waals surface area contributed by atoms with Gasteiger partial charge in [0.05, 0.1) is 6.61 Å². The Hall–Kier alpha value is -0.900. The largest absolute Gasteiger partial charge is 0.383 e. The average Bonchev–Trinajstić information content (AvgIpc) is 2.55. The molecule has 1 aromatic rings. The predicted molar refractivity (Wildman–Crippen MR) is 88.5 cm³/mol. The van der Waals surface area contributed by atoms with Crippen molar-refractivity contribution < 1.29 is 4.74 Å². The quantitative estimate of drug-likeness (QED) is 0.875. The first-order chi connectivity index (χ1) is 10.1. The van der Waals surface area contributed by atoms with Crippen LogP contribution in [0.3, 0.4) is 0 Å². The highest BCUT2D eigenvalue weighted by atomic mass is 16.5. The number of likely N-dealkylation sites (N-methyl/N-ethyl adjacent to an activating group) is 1. The lowest BCUT2D eigenvalue weighted by molar-refractivity contribution is 0.0127. The summed E-state index contributed by atoms with van der Waals surface area (Å²) in [6, 6.07) is 11.3. The second-order valence-corrected chi connectivity index (χ2v) is 6.53. The molecule has 21 heavy (non-hydrogen) atoms. The highest BCUT2D eigenvalue weighted by Gasteiger charge is 2.39. The lowest BCUT2D eigenvalue weighted by atomic mass is 9.73. The van der Waals surface area contributed by atoms with Crippen LogP contribution in [0.15, 0.2) is 30.3 Å². The minimum absolute atomic E-state index is 0.142. The summed E-state index contributed by atoms with van der Waals surface area (Å²) in [6.45, 7) is 3.73. The molecular formula is C18H30N2O. The van der Waals surface area contributed by atoms with Crippen molar-refractivity contribution >= 4 is 0 Å². The van der Waals surface area contributed by atoms with E-state index in [1.807, 2.05) is 0 Å². The van der Waals surface area contributed by atoms with Crippen molar-refractivity contribution in [3.63, 3.8) is 0 Å². The van der Waals surface area contributed by atoms with Gasteiger partial charge in [-0.05, 0) is 51.1 Å². The van der Waals surface area contributed by atoms with Crippen LogP contribution in [0.25, 0.3) is 0 Å². The molecular weight excluding hydrogens is 260 g/mol. The second-order valence-electron chi connectivity index (χ2n) is 6.53. The first kappa shape index (κ1) is 16.5. The number of ether oxygens (including phenoxy) is 1. The van der Waals surface area contributed by atoms with Gasteiger partial charge in [-0.2, -0.15) is 0 Å². The van der Waals surface area contributed by atoms with E-state index in [0.717, 1.165) is 13.2 Å². The molecule has 0 saturated heterocycles. The number of methoxy groups -OCH3 is 1. The van der Waals surface area contributed by atoms with E-state index in [-0.39, 0.29) is 5.54 Å². The van der Waals surface area contributed by atoms with E-state index >= 15 is 0 Å². The SMILES string of the molecule is COCC(C)N(C)C1(CN)CCC(c2ccccc2)CC1. The molecule has 0 radical (unpaired) electrons. The zero-order valence-corrected chi connectivity index (χ0v) is 13.7. The molecule has 1 aliphatic carbocycles. The Balaban J connectivity index is 2.02. The summed E-state index contributed by atoms with van der Waals surface area (Å²) in [5.41, 5.74) is 7.80. The van der Waals surface area contributed by atoms with Crippen LogP contribution in [0, 0.1) is 0 Å². The van der Waals surface area contributed by atoms with Crippen LogP contribution in [0.1, 0.15) is 44.1 Å². The molecule has 0 heterocycles. The van der Waals surface area contributed by atoms with Gasteiger partial charge in [-0.25, -0.2) is 0 Å². The number of benzene rings is 1. The predicted octanol–water partition coefficient (Wildman–Crippen LogP) is 3.01. The summed E-state index contributed by atoms with van der Waals surface area (Å²) in [7, 11) is 3.98. The van der Waals surface area contributed by atoms with Gasteiger partial charge in [-0.15, -0.1) is 0 Å². The van der Waals surface area contributed by atoms with Crippen molar-refractivity contribution in [2.24, 2.45) is 5.73 Å². The monoisotopic (exact) mass is 290 g/mol. The Morgan fingerprint density at radius 1 is 1.29 bits per heavy atom. The summed E-state index contributed by atoms with van der Waals surface area (Å²) < 4.78 is 5.31. The Labute approximate surface area is 129 Å². The van der Waals surface area contributed by atoms with Gasteiger partial charge in [0.2, 0.25) is 0 Å². The molecule has 1 fully saturated rings. The first-order valence-corrected chi connectivity index (χ1v) is 8.10. The Morgan fingerprint density at radius 2 is 1.90 bits per heavy atom. The highest BCUT2D eigenvalue weighted by molar-refractivity contribution is 5.20. The lowest BCUT2D eigenvalue weighted by Gasteiger charge is -2.48. The molecule has 118 valence electrons. The second kappa shape index (κ2) is 7.39. The highest BCUT2D eigenvalue weighted by Crippen LogP contribution is 2.40. The molecule has 0 spiro atoms. The third-order valence-corrected chi connectivity index (χ3v) is 5.38. The average molecular weight is 290 g/mol. The summed E-state index contributed by atoms with van der Waals surface area (Å²) in [5, 5.41) is 0. The van der Waals surface area contributed by atoms with Crippen LogP contribution in [0.4, 0.5) is 0 Å². The molecule has 0 amide bonds. The van der Waals surface area contributed by atoms with Crippen molar-refractivity contribution in [1.82, 2.24) is 4.90 Å². The maximum atomic E-state index is 6.17. The Morgan fingerprint density at radius 3 is 2.43 bits per heavy atom. The van der Waals surface area contributed by atoms with Crippen LogP contribution < -0.4 is 5.73 Å². The van der Waals surface area contributed by atoms with E-state index in [4.69, 9.17) is 10.5 Å². The van der Waals surface area contributed by atoms with Crippen molar-refractivity contribution in [2.45, 2.75) is 50.1 Å². The fraction of sp³-hybridized carbons (Fsp3) is 0.667. The Kier molecular flexibility index (Phi) is 5.80. The van der Waals surface area contributed by atoms with E-state index in [0.29, 0.717) is 12.0 Å². The normalized spacial score (nSPS) is 27.8. The summed E-state index contributed by atoms with van der Waals surface area (Å²) in [6.07, 6.45) is 4.80. The van der Waals surface area contributed by atoms with Crippen molar-refractivity contribution in [2.75, 3.05) is 27.3 Å². The van der Waals surface area contributed by atoms with Gasteiger partial charge in [-0.1, -0.05) is 30.3 Å². The van der Waals surface area contributed by atoms with Crippen LogP contribution in [0.2, 0.25) is 0 Å². The smallest absolute Gasteiger partial charge is 0.0615 e. The summed E-state index contributed by atoms with van der Waals surface area (Å²) >= 11 is 0. The number of hydrogen-bond donors (Lipinski definition) is 1. The van der Waals surface area contributed by atoms with Crippen LogP contribution in [-0.2, 0) is 4.74 Å². The molecule has 1 aliphatic rings. The third kappa shape index (κ3) is 3.65. The minimum Gasteiger partial charge on any atom is -0.383 e. The number of nitrogens with two attached hydrogens (primary N) is 1. The number of nitrogens with zero attached hydrogens (tertiary/aromatic N) is 1. The van der Waals surface area contributed by atoms with Crippen molar-refractivity contribution in [1.29, 1.82) is 0 Å². The van der Waals surface area contributed by atoms with Gasteiger partial charge in [0.15, 0.2) is 0 Å². The first-order valence-electron chi connectivity index (χ1n) is 8.10. The zero-order chi connectivity index (χ0) is 15.3. The van der Waals surface area contributed by atoms with E-state index in [9.17, 15) is 0 Å². The summed E-state index contributed by atoms with van der Waals surface area (Å²) in [4.78, 5) is 2.46. The molecule has 0 bridgehead atoms. The van der Waals surface area contributed by atoms with Crippen LogP contribution in [0.5, 0.6) is 0 Å². The standard InChI is InChI=1S/C18H30N2O/c1-15(13-21-3)20(2)18(14-19)11-9-17(10-12-18)16-7-5-4-6-8-16/h4-8,15,17H,9-14,19H2,1-3H3. The molecule has 1 saturated carbocycles. The fourth-order valence-corrected chi connectivity index (χ4v) is 3.74. The van der Waals surface area contributed by atoms with Gasteiger partial charge in [0.25, 0.3) is 0 Å². The maximum absolute atomic E-state index is 6.17. The third-order valence-electron chi connectivity index (χ3n) is 5.38. The molecule has 2 rings (SSSR count). The lowest BCUT2D eigenvalue weighted by Crippen LogP contribution is -2.57. The molecule has 0 aromatic heterocycles. The molecule has 1 aromatic carbocycles. The maximum Gasteiger partial charge on any atom is 0.0615 e. The van der Waals surface area contributed by atoms with Gasteiger partial charge in [0, 0.05) is 25.2 Å². The van der Waals surface area contributed by atoms with E-state index in [1.165, 1.54) is 31.2 Å². The van der Waals surface area contributed by atoms with Gasteiger partial charge in [-0.3, -0.25) is 4.90 Å².